The fourth-order valence-electron chi connectivity index (χ4n) is 1.59. The fourth-order valence-corrected chi connectivity index (χ4v) is 1.59. The van der Waals surface area contributed by atoms with E-state index in [0.717, 1.165) is 12.2 Å². The van der Waals surface area contributed by atoms with Gasteiger partial charge < -0.3 is 19.4 Å². The second kappa shape index (κ2) is 13.3. The smallest absolute Gasteiger partial charge is 0.216 e. The average Bonchev–Trinajstić information content (AvgIpc) is 2.96. The molecule has 1 heterocycles. The number of amides is 1. The summed E-state index contributed by atoms with van der Waals surface area (Å²) in [6.45, 7) is 13.3. The number of hydrogen-bond donors (Lipinski definition) is 1. The highest BCUT2D eigenvalue weighted by molar-refractivity contribution is 5.72. The second-order valence-corrected chi connectivity index (χ2v) is 4.90. The van der Waals surface area contributed by atoms with Crippen molar-refractivity contribution in [3.05, 3.63) is 18.2 Å². The minimum atomic E-state index is -0.0362. The Labute approximate surface area is 134 Å². The Morgan fingerprint density at radius 1 is 1.23 bits per heavy atom. The number of rotatable bonds is 10. The first-order chi connectivity index (χ1) is 10.6. The highest BCUT2D eigenvalue weighted by Gasteiger charge is 2.02. The standard InChI is InChI=1S/C14H25N3O3.C2H6/c1-12(2)14-10-17(11-16-14)5-7-20-9-8-19-6-4-15-13(3)18;1-2/h10-12H,4-9H2,1-3H3,(H,15,18);1-2H3. The van der Waals surface area contributed by atoms with Crippen molar-refractivity contribution in [2.24, 2.45) is 0 Å². The third-order valence-electron chi connectivity index (χ3n) is 2.73. The third kappa shape index (κ3) is 10.3. The molecular formula is C16H31N3O3. The summed E-state index contributed by atoms with van der Waals surface area (Å²) in [6, 6.07) is 0. The Balaban J connectivity index is 0.00000211. The van der Waals surface area contributed by atoms with Crippen LogP contribution in [0.1, 0.15) is 46.2 Å². The maximum Gasteiger partial charge on any atom is 0.216 e. The van der Waals surface area contributed by atoms with Crippen LogP contribution in [-0.2, 0) is 20.8 Å². The molecule has 1 aromatic heterocycles. The van der Waals surface area contributed by atoms with E-state index in [2.05, 4.69) is 30.3 Å². The van der Waals surface area contributed by atoms with Gasteiger partial charge in [0, 0.05) is 26.2 Å². The molecule has 0 bridgehead atoms. The lowest BCUT2D eigenvalue weighted by Crippen LogP contribution is -2.25. The molecule has 6 nitrogen and oxygen atoms in total. The minimum absolute atomic E-state index is 0.0362. The lowest BCUT2D eigenvalue weighted by molar-refractivity contribution is -0.119. The van der Waals surface area contributed by atoms with E-state index in [1.807, 2.05) is 24.7 Å². The molecule has 0 unspecified atom stereocenters. The van der Waals surface area contributed by atoms with Crippen LogP contribution in [0, 0.1) is 0 Å². The number of carbonyl (C=O) groups is 1. The van der Waals surface area contributed by atoms with Crippen LogP contribution in [0.5, 0.6) is 0 Å². The van der Waals surface area contributed by atoms with E-state index in [1.165, 1.54) is 6.92 Å². The van der Waals surface area contributed by atoms with Gasteiger partial charge in [0.25, 0.3) is 0 Å². The van der Waals surface area contributed by atoms with E-state index in [4.69, 9.17) is 9.47 Å². The predicted molar refractivity (Wildman–Crippen MR) is 88.0 cm³/mol. The van der Waals surface area contributed by atoms with Gasteiger partial charge in [-0.25, -0.2) is 4.98 Å². The van der Waals surface area contributed by atoms with Gasteiger partial charge in [-0.05, 0) is 5.92 Å². The van der Waals surface area contributed by atoms with Crippen molar-refractivity contribution < 1.29 is 14.3 Å². The van der Waals surface area contributed by atoms with E-state index in [-0.39, 0.29) is 5.91 Å². The molecule has 1 amide bonds. The Kier molecular flexibility index (Phi) is 12.4. The number of hydrogen-bond acceptors (Lipinski definition) is 4. The fraction of sp³-hybridized carbons (Fsp3) is 0.750. The Hall–Kier alpha value is -1.40. The number of nitrogens with one attached hydrogen (secondary N) is 1. The van der Waals surface area contributed by atoms with Gasteiger partial charge in [-0.15, -0.1) is 0 Å². The summed E-state index contributed by atoms with van der Waals surface area (Å²) < 4.78 is 12.8. The second-order valence-electron chi connectivity index (χ2n) is 4.90. The molecule has 0 aliphatic heterocycles. The first-order valence-corrected chi connectivity index (χ1v) is 8.01. The highest BCUT2D eigenvalue weighted by Crippen LogP contribution is 2.10. The summed E-state index contributed by atoms with van der Waals surface area (Å²) in [5.74, 6) is 0.417. The molecule has 0 atom stereocenters. The molecular weight excluding hydrogens is 282 g/mol. The molecule has 1 aromatic rings. The quantitative estimate of drug-likeness (QED) is 0.673. The molecule has 0 saturated heterocycles. The molecule has 0 spiro atoms. The van der Waals surface area contributed by atoms with Crippen molar-refractivity contribution in [2.75, 3.05) is 33.0 Å². The molecule has 1 rings (SSSR count). The maximum absolute atomic E-state index is 10.6. The van der Waals surface area contributed by atoms with Gasteiger partial charge in [-0.3, -0.25) is 4.79 Å². The van der Waals surface area contributed by atoms with Crippen LogP contribution < -0.4 is 5.32 Å². The summed E-state index contributed by atoms with van der Waals surface area (Å²) in [6.07, 6.45) is 3.89. The molecule has 0 saturated carbocycles. The molecule has 0 radical (unpaired) electrons. The number of nitrogens with zero attached hydrogens (tertiary/aromatic N) is 2. The molecule has 0 aromatic carbocycles. The van der Waals surface area contributed by atoms with Gasteiger partial charge in [0.15, 0.2) is 0 Å². The van der Waals surface area contributed by atoms with Gasteiger partial charge in [-0.2, -0.15) is 0 Å². The largest absolute Gasteiger partial charge is 0.377 e. The minimum Gasteiger partial charge on any atom is -0.377 e. The maximum atomic E-state index is 10.6. The Morgan fingerprint density at radius 2 is 1.86 bits per heavy atom. The first-order valence-electron chi connectivity index (χ1n) is 8.01. The van der Waals surface area contributed by atoms with E-state index in [1.54, 1.807) is 0 Å². The molecule has 0 aliphatic rings. The number of imidazole rings is 1. The number of ether oxygens (including phenoxy) is 2. The van der Waals surface area contributed by atoms with Gasteiger partial charge in [-0.1, -0.05) is 27.7 Å². The van der Waals surface area contributed by atoms with Crippen LogP contribution >= 0.6 is 0 Å². The highest BCUT2D eigenvalue weighted by atomic mass is 16.5. The van der Waals surface area contributed by atoms with Crippen LogP contribution in [0.4, 0.5) is 0 Å². The normalized spacial score (nSPS) is 10.3. The van der Waals surface area contributed by atoms with Crippen molar-refractivity contribution in [1.29, 1.82) is 0 Å². The van der Waals surface area contributed by atoms with Crippen molar-refractivity contribution in [2.45, 2.75) is 47.1 Å². The zero-order valence-corrected chi connectivity index (χ0v) is 14.6. The molecule has 6 heteroatoms. The van der Waals surface area contributed by atoms with Crippen molar-refractivity contribution in [3.8, 4) is 0 Å². The lowest BCUT2D eigenvalue weighted by atomic mass is 10.2. The first kappa shape index (κ1) is 20.6. The molecule has 0 aliphatic carbocycles. The summed E-state index contributed by atoms with van der Waals surface area (Å²) in [5, 5.41) is 2.67. The van der Waals surface area contributed by atoms with Crippen LogP contribution in [0.3, 0.4) is 0 Å². The van der Waals surface area contributed by atoms with E-state index >= 15 is 0 Å². The van der Waals surface area contributed by atoms with Crippen LogP contribution in [0.15, 0.2) is 12.5 Å². The SMILES string of the molecule is CC.CC(=O)NCCOCCOCCn1cnc(C(C)C)c1. The zero-order valence-electron chi connectivity index (χ0n) is 14.6. The monoisotopic (exact) mass is 313 g/mol. The van der Waals surface area contributed by atoms with Gasteiger partial charge in [0.1, 0.15) is 0 Å². The van der Waals surface area contributed by atoms with Gasteiger partial charge in [0.05, 0.1) is 38.4 Å². The van der Waals surface area contributed by atoms with Crippen LogP contribution in [0.2, 0.25) is 0 Å². The third-order valence-corrected chi connectivity index (χ3v) is 2.73. The van der Waals surface area contributed by atoms with Crippen molar-refractivity contribution in [3.63, 3.8) is 0 Å². The topological polar surface area (TPSA) is 65.4 Å². The lowest BCUT2D eigenvalue weighted by Gasteiger charge is -2.06. The molecule has 22 heavy (non-hydrogen) atoms. The summed E-state index contributed by atoms with van der Waals surface area (Å²) in [4.78, 5) is 14.9. The number of aromatic nitrogens is 2. The van der Waals surface area contributed by atoms with Gasteiger partial charge >= 0.3 is 0 Å². The Morgan fingerprint density at radius 3 is 2.41 bits per heavy atom. The Bertz CT molecular complexity index is 392. The van der Waals surface area contributed by atoms with Crippen LogP contribution in [0.25, 0.3) is 0 Å². The zero-order chi connectivity index (χ0) is 16.8. The summed E-state index contributed by atoms with van der Waals surface area (Å²) >= 11 is 0. The van der Waals surface area contributed by atoms with Crippen molar-refractivity contribution >= 4 is 5.91 Å². The molecule has 128 valence electrons. The van der Waals surface area contributed by atoms with Crippen LogP contribution in [-0.4, -0.2) is 48.4 Å². The average molecular weight is 313 g/mol. The van der Waals surface area contributed by atoms with E-state index < -0.39 is 0 Å². The summed E-state index contributed by atoms with van der Waals surface area (Å²) in [7, 11) is 0. The van der Waals surface area contributed by atoms with Gasteiger partial charge in [0.2, 0.25) is 5.91 Å². The number of carbonyl (C=O) groups excluding carboxylic acids is 1. The predicted octanol–water partition coefficient (Wildman–Crippen LogP) is 2.20. The molecule has 1 N–H and O–H groups in total. The van der Waals surface area contributed by atoms with E-state index in [0.29, 0.717) is 38.9 Å². The molecule has 0 fully saturated rings. The summed E-state index contributed by atoms with van der Waals surface area (Å²) in [5.41, 5.74) is 1.10. The van der Waals surface area contributed by atoms with Crippen molar-refractivity contribution in [1.82, 2.24) is 14.9 Å². The van der Waals surface area contributed by atoms with E-state index in [9.17, 15) is 4.79 Å².